The van der Waals surface area contributed by atoms with Crippen LogP contribution in [0.25, 0.3) is 10.9 Å². The van der Waals surface area contributed by atoms with E-state index in [1.54, 1.807) is 7.11 Å². The van der Waals surface area contributed by atoms with Crippen LogP contribution in [0.4, 0.5) is 0 Å². The third-order valence-corrected chi connectivity index (χ3v) is 3.51. The van der Waals surface area contributed by atoms with Crippen molar-refractivity contribution < 1.29 is 4.74 Å². The summed E-state index contributed by atoms with van der Waals surface area (Å²) in [7, 11) is 1.71. The molecule has 0 radical (unpaired) electrons. The van der Waals surface area contributed by atoms with Gasteiger partial charge in [-0.3, -0.25) is 0 Å². The van der Waals surface area contributed by atoms with Gasteiger partial charge in [-0.05, 0) is 23.5 Å². The van der Waals surface area contributed by atoms with Crippen LogP contribution in [0.3, 0.4) is 0 Å². The molecule has 2 heteroatoms. The molecule has 0 saturated heterocycles. The Bertz CT molecular complexity index is 496. The van der Waals surface area contributed by atoms with E-state index in [-0.39, 0.29) is 5.41 Å². The Labute approximate surface area is 96.6 Å². The number of nitrogens with one attached hydrogen (secondary N) is 1. The number of hydrogen-bond acceptors (Lipinski definition) is 1. The van der Waals surface area contributed by atoms with Gasteiger partial charge in [0, 0.05) is 11.6 Å². The van der Waals surface area contributed by atoms with E-state index in [1.165, 1.54) is 10.9 Å². The molecule has 0 fully saturated rings. The molecule has 1 N–H and O–H groups in total. The minimum Gasteiger partial charge on any atom is -0.495 e. The van der Waals surface area contributed by atoms with Gasteiger partial charge in [0.2, 0.25) is 0 Å². The molecule has 2 nitrogen and oxygen atoms in total. The molecule has 0 unspecified atom stereocenters. The lowest BCUT2D eigenvalue weighted by atomic mass is 9.82. The standard InChI is InChI=1S/C14H19NO/c1-5-14(2,3)11-9-15-13-10(11)7-6-8-12(13)16-4/h6-9,15H,5H2,1-4H3. The molecule has 2 rings (SSSR count). The minimum absolute atomic E-state index is 0.199. The van der Waals surface area contributed by atoms with Crippen LogP contribution in [0, 0.1) is 0 Å². The van der Waals surface area contributed by atoms with Crippen molar-refractivity contribution >= 4 is 10.9 Å². The maximum Gasteiger partial charge on any atom is 0.142 e. The van der Waals surface area contributed by atoms with Gasteiger partial charge in [0.25, 0.3) is 0 Å². The van der Waals surface area contributed by atoms with Crippen molar-refractivity contribution in [3.8, 4) is 5.75 Å². The molecule has 0 atom stereocenters. The third kappa shape index (κ3) is 1.58. The van der Waals surface area contributed by atoms with E-state index >= 15 is 0 Å². The Balaban J connectivity index is 2.66. The van der Waals surface area contributed by atoms with Crippen LogP contribution < -0.4 is 4.74 Å². The molecule has 0 bridgehead atoms. The van der Waals surface area contributed by atoms with Crippen molar-refractivity contribution in [1.29, 1.82) is 0 Å². The fraction of sp³-hybridized carbons (Fsp3) is 0.429. The molecule has 2 aromatic rings. The van der Waals surface area contributed by atoms with Gasteiger partial charge in [-0.1, -0.05) is 32.9 Å². The number of rotatable bonds is 3. The summed E-state index contributed by atoms with van der Waals surface area (Å²) in [5.74, 6) is 0.913. The summed E-state index contributed by atoms with van der Waals surface area (Å²) in [5.41, 5.74) is 2.66. The van der Waals surface area contributed by atoms with Crippen LogP contribution in [0.1, 0.15) is 32.8 Å². The highest BCUT2D eigenvalue weighted by atomic mass is 16.5. The zero-order chi connectivity index (χ0) is 11.8. The Morgan fingerprint density at radius 3 is 2.69 bits per heavy atom. The van der Waals surface area contributed by atoms with Crippen molar-refractivity contribution in [2.45, 2.75) is 32.6 Å². The summed E-state index contributed by atoms with van der Waals surface area (Å²) in [5, 5.41) is 1.27. The number of hydrogen-bond donors (Lipinski definition) is 1. The quantitative estimate of drug-likeness (QED) is 0.829. The lowest BCUT2D eigenvalue weighted by Gasteiger charge is -2.22. The molecule has 1 heterocycles. The largest absolute Gasteiger partial charge is 0.495 e. The van der Waals surface area contributed by atoms with Crippen LogP contribution in [0.2, 0.25) is 0 Å². The van der Waals surface area contributed by atoms with Gasteiger partial charge in [-0.15, -0.1) is 0 Å². The van der Waals surface area contributed by atoms with Crippen LogP contribution in [0.5, 0.6) is 5.75 Å². The van der Waals surface area contributed by atoms with Gasteiger partial charge in [-0.2, -0.15) is 0 Å². The third-order valence-electron chi connectivity index (χ3n) is 3.51. The minimum atomic E-state index is 0.199. The van der Waals surface area contributed by atoms with E-state index in [2.05, 4.69) is 38.0 Å². The van der Waals surface area contributed by atoms with Gasteiger partial charge in [-0.25, -0.2) is 0 Å². The summed E-state index contributed by atoms with van der Waals surface area (Å²) in [6.07, 6.45) is 3.23. The van der Waals surface area contributed by atoms with Crippen molar-refractivity contribution in [2.75, 3.05) is 7.11 Å². The van der Waals surface area contributed by atoms with Gasteiger partial charge in [0.05, 0.1) is 12.6 Å². The van der Waals surface area contributed by atoms with E-state index in [0.29, 0.717) is 0 Å². The molecule has 0 aliphatic heterocycles. The SMILES string of the molecule is CCC(C)(C)c1c[nH]c2c(OC)cccc12. The van der Waals surface area contributed by atoms with Crippen LogP contribution in [-0.4, -0.2) is 12.1 Å². The molecule has 1 aromatic carbocycles. The van der Waals surface area contributed by atoms with Crippen LogP contribution >= 0.6 is 0 Å². The predicted molar refractivity (Wildman–Crippen MR) is 68.2 cm³/mol. The summed E-state index contributed by atoms with van der Waals surface area (Å²) in [6.45, 7) is 6.77. The first-order valence-electron chi connectivity index (χ1n) is 5.74. The number of ether oxygens (including phenoxy) is 1. The molecule has 0 aliphatic carbocycles. The number of methoxy groups -OCH3 is 1. The van der Waals surface area contributed by atoms with Gasteiger partial charge in [0.15, 0.2) is 0 Å². The Morgan fingerprint density at radius 1 is 1.31 bits per heavy atom. The number of benzene rings is 1. The van der Waals surface area contributed by atoms with Crippen LogP contribution in [0.15, 0.2) is 24.4 Å². The number of aromatic nitrogens is 1. The smallest absolute Gasteiger partial charge is 0.142 e. The molecule has 0 saturated carbocycles. The normalized spacial score (nSPS) is 12.0. The molecular formula is C14H19NO. The number of fused-ring (bicyclic) bond motifs is 1. The first-order chi connectivity index (χ1) is 7.60. The lowest BCUT2D eigenvalue weighted by Crippen LogP contribution is -2.14. The topological polar surface area (TPSA) is 25.0 Å². The molecule has 1 aromatic heterocycles. The molecule has 86 valence electrons. The highest BCUT2D eigenvalue weighted by molar-refractivity contribution is 5.89. The summed E-state index contributed by atoms with van der Waals surface area (Å²) < 4.78 is 5.36. The molecular weight excluding hydrogens is 198 g/mol. The summed E-state index contributed by atoms with van der Waals surface area (Å²) in [6, 6.07) is 6.19. The number of para-hydroxylation sites is 1. The number of H-pyrrole nitrogens is 1. The zero-order valence-corrected chi connectivity index (χ0v) is 10.4. The average molecular weight is 217 g/mol. The van der Waals surface area contributed by atoms with E-state index in [4.69, 9.17) is 4.74 Å². The molecule has 0 aliphatic rings. The second-order valence-electron chi connectivity index (χ2n) is 4.82. The van der Waals surface area contributed by atoms with E-state index in [9.17, 15) is 0 Å². The molecule has 0 amide bonds. The van der Waals surface area contributed by atoms with E-state index < -0.39 is 0 Å². The van der Waals surface area contributed by atoms with Crippen molar-refractivity contribution in [2.24, 2.45) is 0 Å². The first kappa shape index (κ1) is 11.1. The summed E-state index contributed by atoms with van der Waals surface area (Å²) in [4.78, 5) is 3.32. The van der Waals surface area contributed by atoms with Gasteiger partial charge in [0.1, 0.15) is 5.75 Å². The van der Waals surface area contributed by atoms with E-state index in [1.807, 2.05) is 12.1 Å². The monoisotopic (exact) mass is 217 g/mol. The van der Waals surface area contributed by atoms with Gasteiger partial charge >= 0.3 is 0 Å². The average Bonchev–Trinajstić information content (AvgIpc) is 2.73. The second kappa shape index (κ2) is 3.85. The van der Waals surface area contributed by atoms with Crippen LogP contribution in [-0.2, 0) is 5.41 Å². The lowest BCUT2D eigenvalue weighted by molar-refractivity contribution is 0.419. The van der Waals surface area contributed by atoms with Gasteiger partial charge < -0.3 is 9.72 Å². The predicted octanol–water partition coefficient (Wildman–Crippen LogP) is 3.86. The fourth-order valence-corrected chi connectivity index (χ4v) is 2.05. The summed E-state index contributed by atoms with van der Waals surface area (Å²) >= 11 is 0. The van der Waals surface area contributed by atoms with E-state index in [0.717, 1.165) is 17.7 Å². The maximum absolute atomic E-state index is 5.36. The highest BCUT2D eigenvalue weighted by Crippen LogP contribution is 2.35. The van der Waals surface area contributed by atoms with Crippen molar-refractivity contribution in [1.82, 2.24) is 4.98 Å². The van der Waals surface area contributed by atoms with Crippen molar-refractivity contribution in [3.05, 3.63) is 30.0 Å². The fourth-order valence-electron chi connectivity index (χ4n) is 2.05. The maximum atomic E-state index is 5.36. The number of aromatic amines is 1. The Morgan fingerprint density at radius 2 is 2.06 bits per heavy atom. The van der Waals surface area contributed by atoms with Crippen molar-refractivity contribution in [3.63, 3.8) is 0 Å². The Hall–Kier alpha value is -1.44. The Kier molecular flexibility index (Phi) is 2.66. The molecule has 16 heavy (non-hydrogen) atoms. The zero-order valence-electron chi connectivity index (χ0n) is 10.4. The first-order valence-corrected chi connectivity index (χ1v) is 5.74. The highest BCUT2D eigenvalue weighted by Gasteiger charge is 2.22. The second-order valence-corrected chi connectivity index (χ2v) is 4.82. The molecule has 0 spiro atoms.